The minimum atomic E-state index is -4.80. The predicted molar refractivity (Wildman–Crippen MR) is 95.1 cm³/mol. The van der Waals surface area contributed by atoms with Crippen molar-refractivity contribution in [3.05, 3.63) is 72.3 Å². The van der Waals surface area contributed by atoms with Crippen LogP contribution in [0.4, 0.5) is 18.9 Å². The average molecular weight is 391 g/mol. The number of hydrogen-bond donors (Lipinski definition) is 1. The third kappa shape index (κ3) is 5.26. The molecule has 146 valence electrons. The van der Waals surface area contributed by atoms with Gasteiger partial charge >= 0.3 is 6.36 Å². The second kappa shape index (κ2) is 8.03. The first-order valence-corrected chi connectivity index (χ1v) is 8.16. The summed E-state index contributed by atoms with van der Waals surface area (Å²) in [7, 11) is 1.86. The Bertz CT molecular complexity index is 953. The molecule has 9 heteroatoms. The number of hydrogen-bond acceptors (Lipinski definition) is 4. The molecule has 1 aromatic heterocycles. The maximum atomic E-state index is 12.3. The summed E-state index contributed by atoms with van der Waals surface area (Å²) in [6.07, 6.45) is -1.32. The standard InChI is InChI=1S/C19H16F3N3O3/c1-25-10-9-23-17(25)12-27-15-7-5-13(6-8-15)18(26)24-14-3-2-4-16(11-14)28-19(20,21)22/h2-11H,12H2,1H3,(H,24,26). The number of benzene rings is 2. The molecule has 0 aliphatic heterocycles. The van der Waals surface area contributed by atoms with Crippen molar-refractivity contribution < 1.29 is 27.4 Å². The lowest BCUT2D eigenvalue weighted by Crippen LogP contribution is -2.17. The van der Waals surface area contributed by atoms with Gasteiger partial charge < -0.3 is 19.4 Å². The number of carbonyl (C=O) groups is 1. The molecule has 2 aromatic carbocycles. The number of aromatic nitrogens is 2. The van der Waals surface area contributed by atoms with Crippen molar-refractivity contribution >= 4 is 11.6 Å². The first-order chi connectivity index (χ1) is 13.3. The lowest BCUT2D eigenvalue weighted by atomic mass is 10.2. The van der Waals surface area contributed by atoms with Crippen LogP contribution in [0.25, 0.3) is 0 Å². The Kier molecular flexibility index (Phi) is 5.53. The van der Waals surface area contributed by atoms with Crippen molar-refractivity contribution in [2.24, 2.45) is 7.05 Å². The molecule has 0 saturated carbocycles. The average Bonchev–Trinajstić information content (AvgIpc) is 3.04. The van der Waals surface area contributed by atoms with E-state index in [9.17, 15) is 18.0 Å². The van der Waals surface area contributed by atoms with Crippen molar-refractivity contribution in [1.82, 2.24) is 9.55 Å². The van der Waals surface area contributed by atoms with E-state index in [-0.39, 0.29) is 12.3 Å². The van der Waals surface area contributed by atoms with Crippen LogP contribution < -0.4 is 14.8 Å². The highest BCUT2D eigenvalue weighted by Gasteiger charge is 2.31. The second-order valence-corrected chi connectivity index (χ2v) is 5.80. The van der Waals surface area contributed by atoms with Crippen LogP contribution in [0.1, 0.15) is 16.2 Å². The minimum absolute atomic E-state index is 0.182. The first kappa shape index (κ1) is 19.3. The van der Waals surface area contributed by atoms with E-state index in [1.165, 1.54) is 12.1 Å². The number of imidazole rings is 1. The summed E-state index contributed by atoms with van der Waals surface area (Å²) in [5.41, 5.74) is 0.508. The smallest absolute Gasteiger partial charge is 0.486 e. The molecular weight excluding hydrogens is 375 g/mol. The lowest BCUT2D eigenvalue weighted by Gasteiger charge is -2.11. The van der Waals surface area contributed by atoms with Crippen LogP contribution in [-0.4, -0.2) is 21.8 Å². The molecule has 1 heterocycles. The molecule has 0 saturated heterocycles. The maximum Gasteiger partial charge on any atom is 0.573 e. The zero-order valence-electron chi connectivity index (χ0n) is 14.7. The molecule has 28 heavy (non-hydrogen) atoms. The van der Waals surface area contributed by atoms with Crippen molar-refractivity contribution in [1.29, 1.82) is 0 Å². The predicted octanol–water partition coefficient (Wildman–Crippen LogP) is 4.15. The van der Waals surface area contributed by atoms with Crippen molar-refractivity contribution in [3.63, 3.8) is 0 Å². The summed E-state index contributed by atoms with van der Waals surface area (Å²) >= 11 is 0. The number of carbonyl (C=O) groups excluding carboxylic acids is 1. The fourth-order valence-electron chi connectivity index (χ4n) is 2.36. The van der Waals surface area contributed by atoms with Gasteiger partial charge in [0.15, 0.2) is 0 Å². The Morgan fingerprint density at radius 3 is 2.54 bits per heavy atom. The van der Waals surface area contributed by atoms with Gasteiger partial charge in [-0.2, -0.15) is 0 Å². The molecule has 1 amide bonds. The molecule has 3 rings (SSSR count). The molecule has 1 N–H and O–H groups in total. The highest BCUT2D eigenvalue weighted by atomic mass is 19.4. The van der Waals surface area contributed by atoms with Crippen LogP contribution in [0.3, 0.4) is 0 Å². The first-order valence-electron chi connectivity index (χ1n) is 8.16. The third-order valence-electron chi connectivity index (χ3n) is 3.73. The van der Waals surface area contributed by atoms with Crippen LogP contribution in [0, 0.1) is 0 Å². The quantitative estimate of drug-likeness (QED) is 0.686. The fourth-order valence-corrected chi connectivity index (χ4v) is 2.36. The summed E-state index contributed by atoms with van der Waals surface area (Å²) in [5, 5.41) is 2.53. The number of rotatable bonds is 6. The van der Waals surface area contributed by atoms with Gasteiger partial charge in [0.1, 0.15) is 23.9 Å². The Labute approximate surface area is 158 Å². The van der Waals surface area contributed by atoms with Crippen molar-refractivity contribution in [2.75, 3.05) is 5.32 Å². The topological polar surface area (TPSA) is 65.4 Å². The molecule has 3 aromatic rings. The highest BCUT2D eigenvalue weighted by molar-refractivity contribution is 6.04. The number of ether oxygens (including phenoxy) is 2. The molecule has 0 aliphatic carbocycles. The Morgan fingerprint density at radius 1 is 1.14 bits per heavy atom. The highest BCUT2D eigenvalue weighted by Crippen LogP contribution is 2.25. The minimum Gasteiger partial charge on any atom is -0.486 e. The molecule has 0 spiro atoms. The van der Waals surface area contributed by atoms with Gasteiger partial charge in [-0.05, 0) is 36.4 Å². The number of nitrogens with zero attached hydrogens (tertiary/aromatic N) is 2. The zero-order valence-corrected chi connectivity index (χ0v) is 14.7. The van der Waals surface area contributed by atoms with Crippen molar-refractivity contribution in [3.8, 4) is 11.5 Å². The number of alkyl halides is 3. The Morgan fingerprint density at radius 2 is 1.89 bits per heavy atom. The molecule has 0 atom stereocenters. The van der Waals surface area contributed by atoms with Gasteiger partial charge in [-0.1, -0.05) is 6.07 Å². The molecule has 0 fully saturated rings. The van der Waals surface area contributed by atoms with Crippen LogP contribution >= 0.6 is 0 Å². The van der Waals surface area contributed by atoms with Crippen LogP contribution in [0.5, 0.6) is 11.5 Å². The molecule has 0 radical (unpaired) electrons. The van der Waals surface area contributed by atoms with Crippen LogP contribution in [0.2, 0.25) is 0 Å². The SMILES string of the molecule is Cn1ccnc1COc1ccc(C(=O)Nc2cccc(OC(F)(F)F)c2)cc1. The van der Waals surface area contributed by atoms with E-state index >= 15 is 0 Å². The lowest BCUT2D eigenvalue weighted by molar-refractivity contribution is -0.274. The third-order valence-corrected chi connectivity index (χ3v) is 3.73. The summed E-state index contributed by atoms with van der Waals surface area (Å²) in [6.45, 7) is 0.279. The van der Waals surface area contributed by atoms with Gasteiger partial charge in [-0.25, -0.2) is 4.98 Å². The van der Waals surface area contributed by atoms with Gasteiger partial charge in [0.2, 0.25) is 0 Å². The monoisotopic (exact) mass is 391 g/mol. The number of halogens is 3. The normalized spacial score (nSPS) is 11.1. The summed E-state index contributed by atoms with van der Waals surface area (Å²) in [5.74, 6) is 0.422. The van der Waals surface area contributed by atoms with E-state index in [1.807, 2.05) is 11.6 Å². The second-order valence-electron chi connectivity index (χ2n) is 5.80. The molecular formula is C19H16F3N3O3. The summed E-state index contributed by atoms with van der Waals surface area (Å²) in [6, 6.07) is 11.4. The van der Waals surface area contributed by atoms with E-state index in [0.29, 0.717) is 11.3 Å². The zero-order chi connectivity index (χ0) is 20.1. The van der Waals surface area contributed by atoms with Gasteiger partial charge in [-0.15, -0.1) is 13.2 Å². The molecule has 0 bridgehead atoms. The fraction of sp³-hybridized carbons (Fsp3) is 0.158. The summed E-state index contributed by atoms with van der Waals surface area (Å²) < 4.78 is 48.1. The Balaban J connectivity index is 1.60. The number of anilines is 1. The van der Waals surface area contributed by atoms with E-state index in [0.717, 1.165) is 18.0 Å². The number of nitrogens with one attached hydrogen (secondary N) is 1. The number of aryl methyl sites for hydroxylation is 1. The maximum absolute atomic E-state index is 12.3. The summed E-state index contributed by atoms with van der Waals surface area (Å²) in [4.78, 5) is 16.4. The Hall–Kier alpha value is -3.49. The van der Waals surface area contributed by atoms with Gasteiger partial charge in [0.05, 0.1) is 0 Å². The van der Waals surface area contributed by atoms with Crippen LogP contribution in [0.15, 0.2) is 60.9 Å². The van der Waals surface area contributed by atoms with Gasteiger partial charge in [0.25, 0.3) is 5.91 Å². The van der Waals surface area contributed by atoms with Crippen molar-refractivity contribution in [2.45, 2.75) is 13.0 Å². The van der Waals surface area contributed by atoms with E-state index < -0.39 is 18.0 Å². The molecule has 0 aliphatic rings. The largest absolute Gasteiger partial charge is 0.573 e. The van der Waals surface area contributed by atoms with E-state index in [1.54, 1.807) is 36.7 Å². The van der Waals surface area contributed by atoms with Gasteiger partial charge in [0, 0.05) is 36.8 Å². The van der Waals surface area contributed by atoms with E-state index in [2.05, 4.69) is 15.0 Å². The number of amides is 1. The van der Waals surface area contributed by atoms with Crippen LogP contribution in [-0.2, 0) is 13.7 Å². The van der Waals surface area contributed by atoms with E-state index in [4.69, 9.17) is 4.74 Å². The van der Waals surface area contributed by atoms with Gasteiger partial charge in [-0.3, -0.25) is 4.79 Å². The molecule has 0 unspecified atom stereocenters. The molecule has 6 nitrogen and oxygen atoms in total.